The second-order valence-electron chi connectivity index (χ2n) is 6.97. The van der Waals surface area contributed by atoms with Gasteiger partial charge in [-0.05, 0) is 32.1 Å². The van der Waals surface area contributed by atoms with Gasteiger partial charge in [0.2, 0.25) is 0 Å². The second kappa shape index (κ2) is 14.7. The van der Waals surface area contributed by atoms with Crippen molar-refractivity contribution < 1.29 is 24.8 Å². The van der Waals surface area contributed by atoms with Gasteiger partial charge >= 0.3 is 0 Å². The van der Waals surface area contributed by atoms with Crippen molar-refractivity contribution in [3.05, 3.63) is 12.2 Å². The molecule has 1 heterocycles. The molecule has 0 aromatic rings. The summed E-state index contributed by atoms with van der Waals surface area (Å²) in [7, 11) is 0. The van der Waals surface area contributed by atoms with E-state index in [1.54, 1.807) is 0 Å². The smallest absolute Gasteiger partial charge is 0.111 e. The van der Waals surface area contributed by atoms with Gasteiger partial charge in [0.15, 0.2) is 0 Å². The Hall–Kier alpha value is -0.460. The molecule has 0 spiro atoms. The Balaban J connectivity index is 1.94. The van der Waals surface area contributed by atoms with Gasteiger partial charge in [-0.25, -0.2) is 0 Å². The first kappa shape index (κ1) is 22.6. The highest BCUT2D eigenvalue weighted by Gasteiger charge is 2.38. The number of hydrogen-bond acceptors (Lipinski definition) is 5. The zero-order chi connectivity index (χ0) is 18.3. The quantitative estimate of drug-likeness (QED) is 0.329. The van der Waals surface area contributed by atoms with Crippen LogP contribution in [0.3, 0.4) is 0 Å². The Labute approximate surface area is 153 Å². The Morgan fingerprint density at radius 2 is 1.56 bits per heavy atom. The molecule has 0 aromatic heterocycles. The Morgan fingerprint density at radius 1 is 0.920 bits per heavy atom. The average molecular weight is 359 g/mol. The normalized spacial score (nSPS) is 27.2. The summed E-state index contributed by atoms with van der Waals surface area (Å²) in [5.41, 5.74) is 0. The first-order valence-electron chi connectivity index (χ1n) is 10.1. The molecule has 0 saturated carbocycles. The summed E-state index contributed by atoms with van der Waals surface area (Å²) in [4.78, 5) is 0. The predicted molar refractivity (Wildman–Crippen MR) is 99.6 cm³/mol. The SMILES string of the molecule is CCCCCCCC/C=C/CCCCO[C@@H]1CO[C@@H](CO)[C@H](O)[C@H]1O. The monoisotopic (exact) mass is 358 g/mol. The fourth-order valence-corrected chi connectivity index (χ4v) is 3.04. The van der Waals surface area contributed by atoms with Crippen LogP contribution < -0.4 is 0 Å². The molecule has 0 aliphatic carbocycles. The third-order valence-electron chi connectivity index (χ3n) is 4.75. The molecule has 1 fully saturated rings. The van der Waals surface area contributed by atoms with Crippen LogP contribution in [0.15, 0.2) is 12.2 Å². The maximum absolute atomic E-state index is 9.95. The van der Waals surface area contributed by atoms with E-state index in [2.05, 4.69) is 19.1 Å². The fraction of sp³-hybridized carbons (Fsp3) is 0.900. The van der Waals surface area contributed by atoms with Gasteiger partial charge in [-0.3, -0.25) is 0 Å². The van der Waals surface area contributed by atoms with Crippen molar-refractivity contribution in [3.63, 3.8) is 0 Å². The highest BCUT2D eigenvalue weighted by atomic mass is 16.6. The van der Waals surface area contributed by atoms with E-state index in [1.807, 2.05) is 0 Å². The van der Waals surface area contributed by atoms with Crippen molar-refractivity contribution in [2.75, 3.05) is 19.8 Å². The van der Waals surface area contributed by atoms with E-state index in [0.29, 0.717) is 6.61 Å². The number of rotatable bonds is 14. The standard InChI is InChI=1S/C20H38O5/c1-2-3-4-5-6-7-8-9-10-11-12-13-14-24-18-16-25-17(15-21)19(22)20(18)23/h9-10,17-23H,2-8,11-16H2,1H3/b10-9+/t17-,18+,19-,20-/m0/s1. The molecule has 1 aliphatic rings. The number of hydrogen-bond donors (Lipinski definition) is 3. The number of ether oxygens (including phenoxy) is 2. The summed E-state index contributed by atoms with van der Waals surface area (Å²) in [5, 5.41) is 28.8. The van der Waals surface area contributed by atoms with E-state index in [4.69, 9.17) is 14.6 Å². The minimum absolute atomic E-state index is 0.210. The summed E-state index contributed by atoms with van der Waals surface area (Å²) in [6, 6.07) is 0. The number of allylic oxidation sites excluding steroid dienone is 2. The maximum atomic E-state index is 9.95. The third-order valence-corrected chi connectivity index (χ3v) is 4.75. The van der Waals surface area contributed by atoms with Gasteiger partial charge in [0, 0.05) is 6.61 Å². The van der Waals surface area contributed by atoms with Crippen molar-refractivity contribution in [1.29, 1.82) is 0 Å². The molecule has 0 bridgehead atoms. The van der Waals surface area contributed by atoms with E-state index in [0.717, 1.165) is 19.3 Å². The van der Waals surface area contributed by atoms with Crippen LogP contribution in [-0.2, 0) is 9.47 Å². The van der Waals surface area contributed by atoms with Gasteiger partial charge in [-0.15, -0.1) is 0 Å². The van der Waals surface area contributed by atoms with E-state index in [1.165, 1.54) is 44.9 Å². The van der Waals surface area contributed by atoms with Gasteiger partial charge in [-0.1, -0.05) is 51.2 Å². The van der Waals surface area contributed by atoms with Gasteiger partial charge in [-0.2, -0.15) is 0 Å². The van der Waals surface area contributed by atoms with Crippen molar-refractivity contribution in [1.82, 2.24) is 0 Å². The van der Waals surface area contributed by atoms with Crippen molar-refractivity contribution >= 4 is 0 Å². The molecule has 1 rings (SSSR count). The molecule has 5 nitrogen and oxygen atoms in total. The average Bonchev–Trinajstić information content (AvgIpc) is 2.62. The molecule has 148 valence electrons. The summed E-state index contributed by atoms with van der Waals surface area (Å²) in [5.74, 6) is 0. The van der Waals surface area contributed by atoms with Gasteiger partial charge in [0.05, 0.1) is 13.2 Å². The predicted octanol–water partition coefficient (Wildman–Crippen LogP) is 2.96. The van der Waals surface area contributed by atoms with Crippen LogP contribution in [0, 0.1) is 0 Å². The maximum Gasteiger partial charge on any atom is 0.111 e. The summed E-state index contributed by atoms with van der Waals surface area (Å²) >= 11 is 0. The summed E-state index contributed by atoms with van der Waals surface area (Å²) in [6.45, 7) is 2.71. The first-order valence-corrected chi connectivity index (χ1v) is 10.1. The molecular formula is C20H38O5. The zero-order valence-electron chi connectivity index (χ0n) is 15.8. The molecule has 4 atom stereocenters. The number of aliphatic hydroxyl groups is 3. The molecule has 1 aliphatic heterocycles. The second-order valence-corrected chi connectivity index (χ2v) is 6.97. The molecule has 5 heteroatoms. The Bertz CT molecular complexity index is 334. The number of aliphatic hydroxyl groups excluding tert-OH is 3. The molecule has 3 N–H and O–H groups in total. The molecule has 1 saturated heterocycles. The van der Waals surface area contributed by atoms with Gasteiger partial charge in [0.25, 0.3) is 0 Å². The van der Waals surface area contributed by atoms with Crippen molar-refractivity contribution in [3.8, 4) is 0 Å². The summed E-state index contributed by atoms with van der Waals surface area (Å²) in [6.07, 6.45) is 13.5. The van der Waals surface area contributed by atoms with Crippen LogP contribution in [0.4, 0.5) is 0 Å². The van der Waals surface area contributed by atoms with Crippen LogP contribution in [-0.4, -0.2) is 59.6 Å². The van der Waals surface area contributed by atoms with Crippen LogP contribution in [0.5, 0.6) is 0 Å². The van der Waals surface area contributed by atoms with E-state index in [9.17, 15) is 10.2 Å². The minimum atomic E-state index is -1.09. The minimum Gasteiger partial charge on any atom is -0.394 e. The highest BCUT2D eigenvalue weighted by Crippen LogP contribution is 2.18. The molecule has 0 radical (unpaired) electrons. The lowest BCUT2D eigenvalue weighted by molar-refractivity contribution is -0.208. The number of unbranched alkanes of at least 4 members (excludes halogenated alkanes) is 8. The lowest BCUT2D eigenvalue weighted by atomic mass is 10.0. The van der Waals surface area contributed by atoms with Crippen molar-refractivity contribution in [2.45, 2.75) is 95.5 Å². The van der Waals surface area contributed by atoms with Crippen LogP contribution >= 0.6 is 0 Å². The van der Waals surface area contributed by atoms with Crippen LogP contribution in [0.1, 0.15) is 71.1 Å². The lowest BCUT2D eigenvalue weighted by Crippen LogP contribution is -2.55. The third kappa shape index (κ3) is 9.71. The highest BCUT2D eigenvalue weighted by molar-refractivity contribution is 4.87. The lowest BCUT2D eigenvalue weighted by Gasteiger charge is -2.36. The van der Waals surface area contributed by atoms with Gasteiger partial charge in [0.1, 0.15) is 24.4 Å². The van der Waals surface area contributed by atoms with Crippen LogP contribution in [0.25, 0.3) is 0 Å². The van der Waals surface area contributed by atoms with E-state index < -0.39 is 24.4 Å². The molecule has 0 aromatic carbocycles. The topological polar surface area (TPSA) is 79.2 Å². The largest absolute Gasteiger partial charge is 0.394 e. The molecule has 0 amide bonds. The molecule has 0 unspecified atom stereocenters. The van der Waals surface area contributed by atoms with Crippen LogP contribution in [0.2, 0.25) is 0 Å². The molecular weight excluding hydrogens is 320 g/mol. The summed E-state index contributed by atoms with van der Waals surface area (Å²) < 4.78 is 10.9. The van der Waals surface area contributed by atoms with Gasteiger partial charge < -0.3 is 24.8 Å². The fourth-order valence-electron chi connectivity index (χ4n) is 3.04. The first-order chi connectivity index (χ1) is 12.2. The van der Waals surface area contributed by atoms with E-state index in [-0.39, 0.29) is 13.2 Å². The Morgan fingerprint density at radius 3 is 2.24 bits per heavy atom. The zero-order valence-corrected chi connectivity index (χ0v) is 15.8. The Kier molecular flexibility index (Phi) is 13.3. The van der Waals surface area contributed by atoms with E-state index >= 15 is 0 Å². The molecule has 25 heavy (non-hydrogen) atoms. The van der Waals surface area contributed by atoms with Crippen molar-refractivity contribution in [2.24, 2.45) is 0 Å².